The second-order valence-electron chi connectivity index (χ2n) is 2.62. The number of hydrogen-bond acceptors (Lipinski definition) is 3. The fourth-order valence-electron chi connectivity index (χ4n) is 0.518. The summed E-state index contributed by atoms with van der Waals surface area (Å²) in [5.74, 6) is -0.949. The van der Waals surface area contributed by atoms with Crippen LogP contribution in [0.2, 0.25) is 0 Å². The standard InChI is InChI=1S/C7H14N2O2.C2H6/c1-6(10)7(11)8-4-5-9(2)3;1-2/h4-5H2,1-3H3,(H,8,11);1-2H3. The molecular weight excluding hydrogens is 168 g/mol. The second-order valence-corrected chi connectivity index (χ2v) is 2.62. The Labute approximate surface area is 80.3 Å². The van der Waals surface area contributed by atoms with E-state index in [1.807, 2.05) is 32.8 Å². The smallest absolute Gasteiger partial charge is 0.287 e. The Bertz CT molecular complexity index is 156. The van der Waals surface area contributed by atoms with Crippen LogP contribution in [0.4, 0.5) is 0 Å². The van der Waals surface area contributed by atoms with Crippen molar-refractivity contribution >= 4 is 11.7 Å². The minimum absolute atomic E-state index is 0.441. The maximum Gasteiger partial charge on any atom is 0.287 e. The molecule has 0 spiro atoms. The summed E-state index contributed by atoms with van der Waals surface area (Å²) in [7, 11) is 3.81. The van der Waals surface area contributed by atoms with Crippen LogP contribution in [0.25, 0.3) is 0 Å². The van der Waals surface area contributed by atoms with E-state index in [9.17, 15) is 9.59 Å². The molecule has 0 fully saturated rings. The molecule has 0 aromatic carbocycles. The zero-order chi connectivity index (χ0) is 10.9. The van der Waals surface area contributed by atoms with Gasteiger partial charge in [-0.05, 0) is 14.1 Å². The molecule has 78 valence electrons. The van der Waals surface area contributed by atoms with Crippen molar-refractivity contribution in [3.63, 3.8) is 0 Å². The minimum atomic E-state index is -0.508. The SMILES string of the molecule is CC.CC(=O)C(=O)NCCN(C)C. The first-order chi connectivity index (χ1) is 6.04. The van der Waals surface area contributed by atoms with Crippen LogP contribution in [0.15, 0.2) is 0 Å². The van der Waals surface area contributed by atoms with Crippen molar-refractivity contribution in [2.45, 2.75) is 20.8 Å². The van der Waals surface area contributed by atoms with E-state index >= 15 is 0 Å². The lowest BCUT2D eigenvalue weighted by Crippen LogP contribution is -2.34. The van der Waals surface area contributed by atoms with Gasteiger partial charge in [0.05, 0.1) is 0 Å². The zero-order valence-corrected chi connectivity index (χ0v) is 9.18. The molecule has 13 heavy (non-hydrogen) atoms. The molecule has 0 saturated heterocycles. The van der Waals surface area contributed by atoms with Gasteiger partial charge in [0.2, 0.25) is 5.78 Å². The van der Waals surface area contributed by atoms with E-state index in [1.165, 1.54) is 6.92 Å². The van der Waals surface area contributed by atoms with Gasteiger partial charge in [-0.2, -0.15) is 0 Å². The third-order valence-electron chi connectivity index (χ3n) is 1.16. The van der Waals surface area contributed by atoms with Gasteiger partial charge in [-0.3, -0.25) is 9.59 Å². The number of rotatable bonds is 4. The molecule has 0 unspecified atom stereocenters. The molecule has 4 heteroatoms. The van der Waals surface area contributed by atoms with Crippen molar-refractivity contribution in [1.82, 2.24) is 10.2 Å². The van der Waals surface area contributed by atoms with Crippen molar-refractivity contribution < 1.29 is 9.59 Å². The summed E-state index contributed by atoms with van der Waals surface area (Å²) in [5, 5.41) is 2.48. The van der Waals surface area contributed by atoms with Crippen LogP contribution >= 0.6 is 0 Å². The van der Waals surface area contributed by atoms with Crippen LogP contribution in [0.1, 0.15) is 20.8 Å². The number of carbonyl (C=O) groups excluding carboxylic acids is 2. The Kier molecular flexibility index (Phi) is 10.3. The van der Waals surface area contributed by atoms with Gasteiger partial charge in [0.15, 0.2) is 0 Å². The van der Waals surface area contributed by atoms with Crippen LogP contribution in [-0.4, -0.2) is 43.8 Å². The van der Waals surface area contributed by atoms with E-state index in [4.69, 9.17) is 0 Å². The van der Waals surface area contributed by atoms with Crippen molar-refractivity contribution in [3.8, 4) is 0 Å². The lowest BCUT2D eigenvalue weighted by Gasteiger charge is -2.08. The van der Waals surface area contributed by atoms with Gasteiger partial charge >= 0.3 is 0 Å². The highest BCUT2D eigenvalue weighted by atomic mass is 16.2. The maximum atomic E-state index is 10.6. The fraction of sp³-hybridized carbons (Fsp3) is 0.778. The summed E-state index contributed by atoms with van der Waals surface area (Å²) in [6.45, 7) is 6.52. The molecule has 0 aliphatic rings. The first-order valence-electron chi connectivity index (χ1n) is 4.47. The molecule has 0 saturated carbocycles. The Hall–Kier alpha value is -0.900. The molecule has 0 aliphatic heterocycles. The van der Waals surface area contributed by atoms with Crippen molar-refractivity contribution in [2.24, 2.45) is 0 Å². The highest BCUT2D eigenvalue weighted by Crippen LogP contribution is 1.73. The first kappa shape index (κ1) is 14.6. The van der Waals surface area contributed by atoms with Gasteiger partial charge in [0.1, 0.15) is 0 Å². The molecule has 0 heterocycles. The maximum absolute atomic E-state index is 10.6. The minimum Gasteiger partial charge on any atom is -0.348 e. The molecule has 0 aliphatic carbocycles. The average Bonchev–Trinajstić information content (AvgIpc) is 2.07. The number of amides is 1. The lowest BCUT2D eigenvalue weighted by atomic mass is 10.4. The molecule has 0 radical (unpaired) electrons. The Morgan fingerprint density at radius 3 is 2.00 bits per heavy atom. The zero-order valence-electron chi connectivity index (χ0n) is 9.18. The second kappa shape index (κ2) is 9.19. The summed E-state index contributed by atoms with van der Waals surface area (Å²) in [6, 6.07) is 0. The predicted molar refractivity (Wildman–Crippen MR) is 53.6 cm³/mol. The molecule has 0 bridgehead atoms. The van der Waals surface area contributed by atoms with Crippen LogP contribution in [0, 0.1) is 0 Å². The summed E-state index contributed by atoms with van der Waals surface area (Å²) >= 11 is 0. The highest BCUT2D eigenvalue weighted by molar-refractivity contribution is 6.35. The van der Waals surface area contributed by atoms with Gasteiger partial charge in [-0.1, -0.05) is 13.8 Å². The number of likely N-dealkylation sites (N-methyl/N-ethyl adjacent to an activating group) is 1. The van der Waals surface area contributed by atoms with Crippen molar-refractivity contribution in [1.29, 1.82) is 0 Å². The quantitative estimate of drug-likeness (QED) is 0.645. The molecular formula is C9H20N2O2. The number of nitrogens with zero attached hydrogens (tertiary/aromatic N) is 1. The predicted octanol–water partition coefficient (Wildman–Crippen LogP) is 0.279. The molecule has 0 aromatic heterocycles. The summed E-state index contributed by atoms with van der Waals surface area (Å²) in [4.78, 5) is 23.0. The van der Waals surface area contributed by atoms with Gasteiger partial charge in [-0.15, -0.1) is 0 Å². The van der Waals surface area contributed by atoms with E-state index in [2.05, 4.69) is 5.32 Å². The first-order valence-corrected chi connectivity index (χ1v) is 4.47. The molecule has 0 aromatic rings. The van der Waals surface area contributed by atoms with Gasteiger partial charge in [0.25, 0.3) is 5.91 Å². The Morgan fingerprint density at radius 1 is 1.23 bits per heavy atom. The number of carbonyl (C=O) groups is 2. The van der Waals surface area contributed by atoms with Crippen molar-refractivity contribution in [3.05, 3.63) is 0 Å². The van der Waals surface area contributed by atoms with E-state index in [1.54, 1.807) is 0 Å². The average molecular weight is 188 g/mol. The van der Waals surface area contributed by atoms with Gasteiger partial charge in [-0.25, -0.2) is 0 Å². The molecule has 4 nitrogen and oxygen atoms in total. The van der Waals surface area contributed by atoms with E-state index in [-0.39, 0.29) is 0 Å². The Morgan fingerprint density at radius 2 is 1.69 bits per heavy atom. The van der Waals surface area contributed by atoms with Gasteiger partial charge in [0, 0.05) is 20.0 Å². The third kappa shape index (κ3) is 11.1. The number of hydrogen-bond donors (Lipinski definition) is 1. The number of nitrogens with one attached hydrogen (secondary N) is 1. The van der Waals surface area contributed by atoms with Crippen LogP contribution in [-0.2, 0) is 9.59 Å². The fourth-order valence-corrected chi connectivity index (χ4v) is 0.518. The summed E-state index contributed by atoms with van der Waals surface area (Å²) < 4.78 is 0. The van der Waals surface area contributed by atoms with Crippen LogP contribution in [0.3, 0.4) is 0 Å². The summed E-state index contributed by atoms with van der Waals surface area (Å²) in [5.41, 5.74) is 0. The molecule has 1 N–H and O–H groups in total. The molecule has 0 atom stereocenters. The monoisotopic (exact) mass is 188 g/mol. The third-order valence-corrected chi connectivity index (χ3v) is 1.16. The van der Waals surface area contributed by atoms with E-state index in [0.29, 0.717) is 6.54 Å². The van der Waals surface area contributed by atoms with Gasteiger partial charge < -0.3 is 10.2 Å². The Balaban J connectivity index is 0. The highest BCUT2D eigenvalue weighted by Gasteiger charge is 2.04. The van der Waals surface area contributed by atoms with Crippen LogP contribution < -0.4 is 5.32 Å². The molecule has 0 rings (SSSR count). The van der Waals surface area contributed by atoms with Crippen molar-refractivity contribution in [2.75, 3.05) is 27.2 Å². The normalized spacial score (nSPS) is 8.77. The van der Waals surface area contributed by atoms with E-state index in [0.717, 1.165) is 6.54 Å². The number of ketones is 1. The largest absolute Gasteiger partial charge is 0.348 e. The van der Waals surface area contributed by atoms with E-state index < -0.39 is 11.7 Å². The van der Waals surface area contributed by atoms with Crippen LogP contribution in [0.5, 0.6) is 0 Å². The lowest BCUT2D eigenvalue weighted by molar-refractivity contribution is -0.136. The molecule has 1 amide bonds. The topological polar surface area (TPSA) is 49.4 Å². The summed E-state index contributed by atoms with van der Waals surface area (Å²) in [6.07, 6.45) is 0. The number of Topliss-reactive ketones (excluding diaryl/α,β-unsaturated/α-hetero) is 1.